The molecule has 0 aromatic carbocycles. The summed E-state index contributed by atoms with van der Waals surface area (Å²) in [6.45, 7) is 4.26. The van der Waals surface area contributed by atoms with Crippen LogP contribution in [0.25, 0.3) is 0 Å². The summed E-state index contributed by atoms with van der Waals surface area (Å²) < 4.78 is 3.78. The fourth-order valence-corrected chi connectivity index (χ4v) is 1.47. The van der Waals surface area contributed by atoms with Crippen LogP contribution in [-0.2, 0) is 0 Å². The highest BCUT2D eigenvalue weighted by atomic mass is 32.1. The zero-order valence-corrected chi connectivity index (χ0v) is 6.98. The summed E-state index contributed by atoms with van der Waals surface area (Å²) in [4.78, 5) is 1.17. The zero-order chi connectivity index (χ0) is 7.56. The summed E-state index contributed by atoms with van der Waals surface area (Å²) in [7, 11) is 0. The summed E-state index contributed by atoms with van der Waals surface area (Å²) in [6, 6.07) is 1.73. The summed E-state index contributed by atoms with van der Waals surface area (Å²) in [6.07, 6.45) is 1.10. The van der Waals surface area contributed by atoms with Crippen LogP contribution in [0.2, 0.25) is 0 Å². The topological polar surface area (TPSA) is 33.1 Å². The zero-order valence-electron chi connectivity index (χ0n) is 6.16. The molecular weight excluding hydrogens is 146 g/mol. The lowest BCUT2D eigenvalue weighted by molar-refractivity contribution is 0.459. The lowest BCUT2D eigenvalue weighted by Gasteiger charge is -2.00. The van der Waals surface area contributed by atoms with Gasteiger partial charge in [0, 0.05) is 10.9 Å². The van der Waals surface area contributed by atoms with Gasteiger partial charge < -0.3 is 5.11 Å². The molecule has 1 N–H and O–H groups in total. The molecule has 1 rings (SSSR count). The largest absolute Gasteiger partial charge is 0.493 e. The number of hydrogen-bond donors (Lipinski definition) is 1. The molecule has 0 bridgehead atoms. The van der Waals surface area contributed by atoms with Gasteiger partial charge in [0.15, 0.2) is 0 Å². The van der Waals surface area contributed by atoms with Crippen LogP contribution in [0.1, 0.15) is 31.1 Å². The van der Waals surface area contributed by atoms with E-state index in [1.54, 1.807) is 6.07 Å². The van der Waals surface area contributed by atoms with Crippen LogP contribution in [-0.4, -0.2) is 9.48 Å². The Hall–Kier alpha value is -0.570. The van der Waals surface area contributed by atoms with Crippen LogP contribution in [0.5, 0.6) is 5.88 Å². The van der Waals surface area contributed by atoms with Gasteiger partial charge in [-0.1, -0.05) is 13.8 Å². The maximum absolute atomic E-state index is 8.90. The van der Waals surface area contributed by atoms with Crippen LogP contribution in [0.15, 0.2) is 6.07 Å². The molecule has 1 atom stereocenters. The van der Waals surface area contributed by atoms with Crippen molar-refractivity contribution >= 4 is 11.5 Å². The smallest absolute Gasteiger partial charge is 0.222 e. The monoisotopic (exact) mass is 157 g/mol. The number of aromatic hydroxyl groups is 1. The van der Waals surface area contributed by atoms with Gasteiger partial charge in [0.1, 0.15) is 0 Å². The van der Waals surface area contributed by atoms with Gasteiger partial charge in [-0.15, -0.1) is 0 Å². The summed E-state index contributed by atoms with van der Waals surface area (Å²) >= 11 is 1.38. The van der Waals surface area contributed by atoms with E-state index in [1.165, 1.54) is 16.4 Å². The Morgan fingerprint density at radius 2 is 2.50 bits per heavy atom. The summed E-state index contributed by atoms with van der Waals surface area (Å²) in [5.74, 6) is 0.679. The van der Waals surface area contributed by atoms with Crippen molar-refractivity contribution in [2.24, 2.45) is 0 Å². The number of rotatable bonds is 2. The van der Waals surface area contributed by atoms with Gasteiger partial charge >= 0.3 is 0 Å². The van der Waals surface area contributed by atoms with Crippen molar-refractivity contribution in [2.75, 3.05) is 0 Å². The molecule has 1 unspecified atom stereocenters. The van der Waals surface area contributed by atoms with Crippen molar-refractivity contribution < 1.29 is 5.11 Å². The standard InChI is InChI=1S/C7H11NOS/c1-3-5(2)6-4-7(9)8-10-6/h4-5H,3H2,1-2H3,(H,8,9). The maximum atomic E-state index is 8.90. The highest BCUT2D eigenvalue weighted by molar-refractivity contribution is 7.06. The Morgan fingerprint density at radius 1 is 1.80 bits per heavy atom. The minimum atomic E-state index is 0.153. The molecular formula is C7H11NOS. The van der Waals surface area contributed by atoms with Crippen LogP contribution in [0.4, 0.5) is 0 Å². The molecule has 0 fully saturated rings. The number of hydrogen-bond acceptors (Lipinski definition) is 3. The van der Waals surface area contributed by atoms with Gasteiger partial charge in [-0.05, 0) is 23.9 Å². The molecule has 0 aliphatic carbocycles. The highest BCUT2D eigenvalue weighted by Gasteiger charge is 2.06. The molecule has 10 heavy (non-hydrogen) atoms. The second kappa shape index (κ2) is 3.01. The van der Waals surface area contributed by atoms with Crippen molar-refractivity contribution in [2.45, 2.75) is 26.2 Å². The van der Waals surface area contributed by atoms with Crippen LogP contribution in [0.3, 0.4) is 0 Å². The van der Waals surface area contributed by atoms with E-state index >= 15 is 0 Å². The molecule has 56 valence electrons. The molecule has 0 saturated heterocycles. The fourth-order valence-electron chi connectivity index (χ4n) is 0.713. The first-order chi connectivity index (χ1) is 4.74. The normalized spacial score (nSPS) is 13.4. The SMILES string of the molecule is CCC(C)c1cc(O)ns1. The Labute approximate surface area is 64.7 Å². The molecule has 1 aromatic rings. The van der Waals surface area contributed by atoms with Crippen molar-refractivity contribution in [3.05, 3.63) is 10.9 Å². The third-order valence-corrected chi connectivity index (χ3v) is 2.62. The predicted molar refractivity (Wildman–Crippen MR) is 42.5 cm³/mol. The molecule has 0 aliphatic heterocycles. The molecule has 1 aromatic heterocycles. The Bertz CT molecular complexity index is 209. The predicted octanol–water partition coefficient (Wildman–Crippen LogP) is 2.36. The summed E-state index contributed by atoms with van der Waals surface area (Å²) in [5.41, 5.74) is 0. The molecule has 0 spiro atoms. The van der Waals surface area contributed by atoms with E-state index in [2.05, 4.69) is 18.2 Å². The molecule has 1 heterocycles. The maximum Gasteiger partial charge on any atom is 0.222 e. The highest BCUT2D eigenvalue weighted by Crippen LogP contribution is 2.25. The molecule has 0 saturated carbocycles. The number of aromatic nitrogens is 1. The van der Waals surface area contributed by atoms with Gasteiger partial charge in [-0.3, -0.25) is 0 Å². The average Bonchev–Trinajstić information content (AvgIpc) is 2.34. The second-order valence-corrected chi connectivity index (χ2v) is 3.23. The van der Waals surface area contributed by atoms with E-state index in [0.717, 1.165) is 6.42 Å². The van der Waals surface area contributed by atoms with Crippen LogP contribution >= 0.6 is 11.5 Å². The van der Waals surface area contributed by atoms with Gasteiger partial charge in [0.25, 0.3) is 0 Å². The van der Waals surface area contributed by atoms with E-state index < -0.39 is 0 Å². The molecule has 2 nitrogen and oxygen atoms in total. The van der Waals surface area contributed by atoms with E-state index in [0.29, 0.717) is 5.92 Å². The summed E-state index contributed by atoms with van der Waals surface area (Å²) in [5, 5.41) is 8.90. The van der Waals surface area contributed by atoms with Gasteiger partial charge in [0.2, 0.25) is 5.88 Å². The van der Waals surface area contributed by atoms with Gasteiger partial charge in [0.05, 0.1) is 0 Å². The van der Waals surface area contributed by atoms with E-state index in [1.807, 2.05) is 0 Å². The minimum absolute atomic E-state index is 0.153. The van der Waals surface area contributed by atoms with E-state index in [9.17, 15) is 0 Å². The molecule has 0 amide bonds. The van der Waals surface area contributed by atoms with Crippen molar-refractivity contribution in [1.29, 1.82) is 0 Å². The molecule has 3 heteroatoms. The molecule has 0 aliphatic rings. The fraction of sp³-hybridized carbons (Fsp3) is 0.571. The van der Waals surface area contributed by atoms with E-state index in [4.69, 9.17) is 5.11 Å². The second-order valence-electron chi connectivity index (χ2n) is 2.40. The van der Waals surface area contributed by atoms with Gasteiger partial charge in [-0.25, -0.2) is 0 Å². The third-order valence-electron chi connectivity index (χ3n) is 1.61. The molecule has 0 radical (unpaired) electrons. The van der Waals surface area contributed by atoms with Crippen LogP contribution in [0, 0.1) is 0 Å². The first-order valence-corrected chi connectivity index (χ1v) is 4.17. The van der Waals surface area contributed by atoms with Crippen LogP contribution < -0.4 is 0 Å². The van der Waals surface area contributed by atoms with Crippen molar-refractivity contribution in [3.8, 4) is 5.88 Å². The Balaban J connectivity index is 2.74. The lowest BCUT2D eigenvalue weighted by atomic mass is 10.1. The minimum Gasteiger partial charge on any atom is -0.493 e. The lowest BCUT2D eigenvalue weighted by Crippen LogP contribution is -1.84. The average molecular weight is 157 g/mol. The first-order valence-electron chi connectivity index (χ1n) is 3.39. The third kappa shape index (κ3) is 1.48. The Kier molecular flexibility index (Phi) is 2.27. The van der Waals surface area contributed by atoms with E-state index in [-0.39, 0.29) is 5.88 Å². The Morgan fingerprint density at radius 3 is 2.90 bits per heavy atom. The van der Waals surface area contributed by atoms with Crippen molar-refractivity contribution in [3.63, 3.8) is 0 Å². The number of nitrogens with zero attached hydrogens (tertiary/aromatic N) is 1. The first kappa shape index (κ1) is 7.54. The van der Waals surface area contributed by atoms with Crippen molar-refractivity contribution in [1.82, 2.24) is 4.37 Å². The van der Waals surface area contributed by atoms with Gasteiger partial charge in [-0.2, -0.15) is 4.37 Å². The quantitative estimate of drug-likeness (QED) is 0.715.